The number of hydrogen-bond acceptors (Lipinski definition) is 5. The molecule has 2 heterocycles. The molecule has 7 nitrogen and oxygen atoms in total. The van der Waals surface area contributed by atoms with Gasteiger partial charge < -0.3 is 14.8 Å². The third kappa shape index (κ3) is 4.86. The molecule has 1 N–H and O–H groups in total. The summed E-state index contributed by atoms with van der Waals surface area (Å²) in [6.45, 7) is 1.17. The van der Waals surface area contributed by atoms with Crippen LogP contribution in [0.3, 0.4) is 0 Å². The van der Waals surface area contributed by atoms with Gasteiger partial charge in [-0.25, -0.2) is 14.4 Å². The molecule has 8 heteroatoms. The van der Waals surface area contributed by atoms with Crippen LogP contribution in [0.4, 0.5) is 4.39 Å². The molecule has 0 bridgehead atoms. The summed E-state index contributed by atoms with van der Waals surface area (Å²) in [5, 5.41) is 2.95. The normalized spacial score (nSPS) is 20.1. The van der Waals surface area contributed by atoms with E-state index in [1.165, 1.54) is 12.4 Å². The summed E-state index contributed by atoms with van der Waals surface area (Å²) < 4.78 is 26.1. The van der Waals surface area contributed by atoms with Gasteiger partial charge in [-0.2, -0.15) is 0 Å². The Kier molecular flexibility index (Phi) is 6.30. The van der Waals surface area contributed by atoms with Crippen LogP contribution in [0.5, 0.6) is 0 Å². The molecule has 0 saturated heterocycles. The van der Waals surface area contributed by atoms with Crippen molar-refractivity contribution >= 4 is 5.91 Å². The van der Waals surface area contributed by atoms with Crippen LogP contribution in [-0.4, -0.2) is 52.9 Å². The number of aromatic nitrogens is 3. The van der Waals surface area contributed by atoms with E-state index in [0.717, 1.165) is 31.7 Å². The van der Waals surface area contributed by atoms with E-state index in [9.17, 15) is 9.18 Å². The van der Waals surface area contributed by atoms with Crippen LogP contribution in [0.1, 0.15) is 36.2 Å². The summed E-state index contributed by atoms with van der Waals surface area (Å²) in [5.41, 5.74) is 0.0622. The Morgan fingerprint density at radius 1 is 1.31 bits per heavy atom. The second-order valence-electron chi connectivity index (χ2n) is 6.31. The molecule has 1 amide bonds. The number of carbonyl (C=O) groups is 1. The summed E-state index contributed by atoms with van der Waals surface area (Å²) in [6.07, 6.45) is 8.35. The zero-order chi connectivity index (χ0) is 18.4. The number of pyridine rings is 1. The van der Waals surface area contributed by atoms with Gasteiger partial charge in [-0.15, -0.1) is 0 Å². The van der Waals surface area contributed by atoms with Crippen molar-refractivity contribution in [1.82, 2.24) is 19.9 Å². The van der Waals surface area contributed by atoms with Crippen LogP contribution in [0.2, 0.25) is 0 Å². The molecule has 1 aliphatic rings. The van der Waals surface area contributed by atoms with Crippen LogP contribution in [-0.2, 0) is 9.47 Å². The van der Waals surface area contributed by atoms with Gasteiger partial charge in [0.15, 0.2) is 0 Å². The lowest BCUT2D eigenvalue weighted by molar-refractivity contribution is -0.00409. The van der Waals surface area contributed by atoms with Gasteiger partial charge in [-0.05, 0) is 25.7 Å². The van der Waals surface area contributed by atoms with Crippen molar-refractivity contribution in [2.24, 2.45) is 0 Å². The molecule has 0 atom stereocenters. The molecular formula is C18H23FN4O3. The van der Waals surface area contributed by atoms with E-state index in [1.807, 2.05) is 0 Å². The van der Waals surface area contributed by atoms with Crippen LogP contribution in [0.25, 0.3) is 5.82 Å². The maximum atomic E-state index is 13.9. The van der Waals surface area contributed by atoms with Gasteiger partial charge >= 0.3 is 0 Å². The van der Waals surface area contributed by atoms with Gasteiger partial charge in [0, 0.05) is 37.7 Å². The first-order valence-electron chi connectivity index (χ1n) is 8.73. The lowest BCUT2D eigenvalue weighted by atomic mass is 9.93. The minimum atomic E-state index is -0.510. The highest BCUT2D eigenvalue weighted by Gasteiger charge is 2.24. The first kappa shape index (κ1) is 18.5. The largest absolute Gasteiger partial charge is 0.382 e. The maximum absolute atomic E-state index is 13.9. The van der Waals surface area contributed by atoms with Crippen molar-refractivity contribution < 1.29 is 18.7 Å². The van der Waals surface area contributed by atoms with Crippen LogP contribution < -0.4 is 5.32 Å². The first-order valence-corrected chi connectivity index (χ1v) is 8.73. The number of carbonyl (C=O) groups excluding carboxylic acids is 1. The summed E-state index contributed by atoms with van der Waals surface area (Å²) in [7, 11) is 1.65. The topological polar surface area (TPSA) is 78.3 Å². The molecule has 0 spiro atoms. The molecule has 1 fully saturated rings. The highest BCUT2D eigenvalue weighted by atomic mass is 19.1. The van der Waals surface area contributed by atoms with Crippen molar-refractivity contribution in [1.29, 1.82) is 0 Å². The van der Waals surface area contributed by atoms with E-state index in [4.69, 9.17) is 9.47 Å². The molecule has 0 radical (unpaired) electrons. The van der Waals surface area contributed by atoms with Gasteiger partial charge in [0.05, 0.1) is 19.3 Å². The molecular weight excluding hydrogens is 339 g/mol. The maximum Gasteiger partial charge on any atom is 0.270 e. The molecule has 3 rings (SSSR count). The summed E-state index contributed by atoms with van der Waals surface area (Å²) in [4.78, 5) is 20.6. The lowest BCUT2D eigenvalue weighted by Gasteiger charge is -2.29. The van der Waals surface area contributed by atoms with E-state index >= 15 is 0 Å². The first-order chi connectivity index (χ1) is 12.7. The third-order valence-corrected chi connectivity index (χ3v) is 4.43. The predicted molar refractivity (Wildman–Crippen MR) is 92.7 cm³/mol. The summed E-state index contributed by atoms with van der Waals surface area (Å²) >= 11 is 0. The number of amides is 1. The zero-order valence-electron chi connectivity index (χ0n) is 14.7. The van der Waals surface area contributed by atoms with Gasteiger partial charge in [0.2, 0.25) is 0 Å². The smallest absolute Gasteiger partial charge is 0.270 e. The van der Waals surface area contributed by atoms with Crippen molar-refractivity contribution in [2.75, 3.05) is 20.3 Å². The Morgan fingerprint density at radius 2 is 2.12 bits per heavy atom. The SMILES string of the molecule is COCCOC1CCC(NC(=O)c2cc(F)cc(-n3ccnc3)n2)CC1. The molecule has 0 unspecified atom stereocenters. The Hall–Kier alpha value is -2.32. The average molecular weight is 362 g/mol. The highest BCUT2D eigenvalue weighted by Crippen LogP contribution is 2.21. The Morgan fingerprint density at radius 3 is 2.81 bits per heavy atom. The fourth-order valence-corrected chi connectivity index (χ4v) is 3.06. The Balaban J connectivity index is 1.56. The average Bonchev–Trinajstić information content (AvgIpc) is 3.18. The molecule has 2 aromatic rings. The van der Waals surface area contributed by atoms with Crippen molar-refractivity contribution in [3.63, 3.8) is 0 Å². The van der Waals surface area contributed by atoms with Crippen molar-refractivity contribution in [3.05, 3.63) is 42.4 Å². The molecule has 26 heavy (non-hydrogen) atoms. The van der Waals surface area contributed by atoms with Crippen LogP contribution >= 0.6 is 0 Å². The monoisotopic (exact) mass is 362 g/mol. The number of ether oxygens (including phenoxy) is 2. The van der Waals surface area contributed by atoms with Crippen LogP contribution in [0, 0.1) is 5.82 Å². The van der Waals surface area contributed by atoms with E-state index in [0.29, 0.717) is 19.0 Å². The fraction of sp³-hybridized carbons (Fsp3) is 0.500. The Bertz CT molecular complexity index is 715. The number of halogens is 1. The predicted octanol–water partition coefficient (Wildman–Crippen LogP) is 2.11. The number of nitrogens with zero attached hydrogens (tertiary/aromatic N) is 3. The minimum Gasteiger partial charge on any atom is -0.382 e. The number of rotatable bonds is 7. The molecule has 1 saturated carbocycles. The summed E-state index contributed by atoms with van der Waals surface area (Å²) in [6, 6.07) is 2.46. The molecule has 1 aliphatic carbocycles. The molecule has 2 aromatic heterocycles. The number of imidazole rings is 1. The Labute approximate surface area is 151 Å². The quantitative estimate of drug-likeness (QED) is 0.764. The van der Waals surface area contributed by atoms with Gasteiger partial charge in [-0.1, -0.05) is 0 Å². The number of methoxy groups -OCH3 is 1. The van der Waals surface area contributed by atoms with E-state index in [1.54, 1.807) is 24.1 Å². The van der Waals surface area contributed by atoms with Gasteiger partial charge in [0.1, 0.15) is 23.7 Å². The summed E-state index contributed by atoms with van der Waals surface area (Å²) in [5.74, 6) is -0.554. The molecule has 140 valence electrons. The second-order valence-corrected chi connectivity index (χ2v) is 6.31. The van der Waals surface area contributed by atoms with Crippen molar-refractivity contribution in [2.45, 2.75) is 37.8 Å². The fourth-order valence-electron chi connectivity index (χ4n) is 3.06. The number of nitrogens with one attached hydrogen (secondary N) is 1. The molecule has 0 aliphatic heterocycles. The zero-order valence-corrected chi connectivity index (χ0v) is 14.7. The standard InChI is InChI=1S/C18H23FN4O3/c1-25-8-9-26-15-4-2-14(3-5-15)21-18(24)16-10-13(19)11-17(22-16)23-7-6-20-12-23/h6-7,10-12,14-15H,2-5,8-9H2,1H3,(H,21,24). The molecule has 0 aromatic carbocycles. The van der Waals surface area contributed by atoms with Crippen LogP contribution in [0.15, 0.2) is 30.9 Å². The third-order valence-electron chi connectivity index (χ3n) is 4.43. The van der Waals surface area contributed by atoms with Gasteiger partial charge in [-0.3, -0.25) is 9.36 Å². The highest BCUT2D eigenvalue weighted by molar-refractivity contribution is 5.92. The minimum absolute atomic E-state index is 0.0477. The second kappa shape index (κ2) is 8.86. The van der Waals surface area contributed by atoms with Gasteiger partial charge in [0.25, 0.3) is 5.91 Å². The lowest BCUT2D eigenvalue weighted by Crippen LogP contribution is -2.39. The van der Waals surface area contributed by atoms with E-state index in [2.05, 4.69) is 15.3 Å². The van der Waals surface area contributed by atoms with E-state index < -0.39 is 5.82 Å². The van der Waals surface area contributed by atoms with E-state index in [-0.39, 0.29) is 23.7 Å². The van der Waals surface area contributed by atoms with Crippen molar-refractivity contribution in [3.8, 4) is 5.82 Å². The number of hydrogen-bond donors (Lipinski definition) is 1.